The van der Waals surface area contributed by atoms with Crippen LogP contribution in [0.2, 0.25) is 0 Å². The second-order valence-electron chi connectivity index (χ2n) is 6.39. The summed E-state index contributed by atoms with van der Waals surface area (Å²) in [5, 5.41) is 3.34. The van der Waals surface area contributed by atoms with Crippen molar-refractivity contribution in [2.24, 2.45) is 5.92 Å². The predicted molar refractivity (Wildman–Crippen MR) is 87.3 cm³/mol. The normalized spacial score (nSPS) is 18.2. The molecule has 2 rings (SSSR count). The van der Waals surface area contributed by atoms with E-state index < -0.39 is 0 Å². The fourth-order valence-electron chi connectivity index (χ4n) is 2.19. The molecule has 1 unspecified atom stereocenters. The third-order valence-electron chi connectivity index (χ3n) is 3.37. The van der Waals surface area contributed by atoms with Crippen LogP contribution in [0.5, 0.6) is 5.88 Å². The molecule has 0 aromatic carbocycles. The molecule has 0 spiro atoms. The first-order chi connectivity index (χ1) is 10.5. The summed E-state index contributed by atoms with van der Waals surface area (Å²) in [6.45, 7) is 7.46. The van der Waals surface area contributed by atoms with Gasteiger partial charge in [0.15, 0.2) is 5.82 Å². The molecule has 124 valence electrons. The summed E-state index contributed by atoms with van der Waals surface area (Å²) in [6, 6.07) is 1.87. The summed E-state index contributed by atoms with van der Waals surface area (Å²) in [6.07, 6.45) is 2.04. The van der Waals surface area contributed by atoms with Crippen molar-refractivity contribution in [3.8, 4) is 5.88 Å². The van der Waals surface area contributed by atoms with Gasteiger partial charge in [-0.2, -0.15) is 4.98 Å². The Morgan fingerprint density at radius 1 is 1.41 bits per heavy atom. The SMILES string of the molecule is CC(C)COc1cc(NCCN(C)C)nc(C2CCCO2)n1. The highest BCUT2D eigenvalue weighted by atomic mass is 16.5. The van der Waals surface area contributed by atoms with Gasteiger partial charge in [0.1, 0.15) is 11.9 Å². The number of nitrogens with zero attached hydrogens (tertiary/aromatic N) is 3. The molecule has 1 saturated heterocycles. The Kier molecular flexibility index (Phi) is 6.39. The Labute approximate surface area is 133 Å². The quantitative estimate of drug-likeness (QED) is 0.795. The van der Waals surface area contributed by atoms with Crippen molar-refractivity contribution >= 4 is 5.82 Å². The molecule has 2 heterocycles. The molecule has 0 saturated carbocycles. The molecule has 1 aromatic heterocycles. The maximum Gasteiger partial charge on any atom is 0.218 e. The van der Waals surface area contributed by atoms with Gasteiger partial charge in [0.05, 0.1) is 6.61 Å². The first-order valence-corrected chi connectivity index (χ1v) is 8.06. The van der Waals surface area contributed by atoms with Gasteiger partial charge >= 0.3 is 0 Å². The zero-order valence-electron chi connectivity index (χ0n) is 14.1. The van der Waals surface area contributed by atoms with Crippen molar-refractivity contribution in [3.05, 3.63) is 11.9 Å². The summed E-state index contributed by atoms with van der Waals surface area (Å²) in [4.78, 5) is 11.2. The smallest absolute Gasteiger partial charge is 0.218 e. The molecule has 1 aliphatic rings. The zero-order valence-corrected chi connectivity index (χ0v) is 14.1. The average Bonchev–Trinajstić information content (AvgIpc) is 2.99. The molecule has 0 bridgehead atoms. The summed E-state index contributed by atoms with van der Waals surface area (Å²) >= 11 is 0. The molecule has 1 fully saturated rings. The van der Waals surface area contributed by atoms with Crippen molar-refractivity contribution in [2.45, 2.75) is 32.8 Å². The highest BCUT2D eigenvalue weighted by Gasteiger charge is 2.22. The molecule has 6 heteroatoms. The number of aromatic nitrogens is 2. The van der Waals surface area contributed by atoms with Gasteiger partial charge in [-0.25, -0.2) is 4.98 Å². The van der Waals surface area contributed by atoms with Crippen LogP contribution >= 0.6 is 0 Å². The standard InChI is InChI=1S/C16H28N4O2/c1-12(2)11-22-15-10-14(17-7-8-20(3)4)18-16(19-15)13-6-5-9-21-13/h10,12-13H,5-9,11H2,1-4H3,(H,17,18,19). The van der Waals surface area contributed by atoms with Gasteiger partial charge in [-0.05, 0) is 32.9 Å². The molecule has 1 N–H and O–H groups in total. The predicted octanol–water partition coefficient (Wildman–Crippen LogP) is 2.34. The maximum atomic E-state index is 5.78. The number of nitrogens with one attached hydrogen (secondary N) is 1. The fraction of sp³-hybridized carbons (Fsp3) is 0.750. The third kappa shape index (κ3) is 5.42. The lowest BCUT2D eigenvalue weighted by molar-refractivity contribution is 0.104. The summed E-state index contributed by atoms with van der Waals surface area (Å²) < 4.78 is 11.5. The van der Waals surface area contributed by atoms with E-state index in [0.29, 0.717) is 18.4 Å². The van der Waals surface area contributed by atoms with Gasteiger partial charge in [0.25, 0.3) is 0 Å². The van der Waals surface area contributed by atoms with Crippen LogP contribution in [0.25, 0.3) is 0 Å². The van der Waals surface area contributed by atoms with E-state index in [1.807, 2.05) is 6.07 Å². The molecule has 1 aliphatic heterocycles. The van der Waals surface area contributed by atoms with Crippen LogP contribution in [0.1, 0.15) is 38.6 Å². The summed E-state index contributed by atoms with van der Waals surface area (Å²) in [5.74, 6) is 2.63. The minimum absolute atomic E-state index is 0.00278. The van der Waals surface area contributed by atoms with E-state index in [4.69, 9.17) is 9.47 Å². The van der Waals surface area contributed by atoms with E-state index in [0.717, 1.165) is 44.2 Å². The van der Waals surface area contributed by atoms with Gasteiger partial charge in [-0.15, -0.1) is 0 Å². The molecular formula is C16H28N4O2. The molecule has 0 aliphatic carbocycles. The van der Waals surface area contributed by atoms with E-state index in [1.165, 1.54) is 0 Å². The van der Waals surface area contributed by atoms with E-state index >= 15 is 0 Å². The van der Waals surface area contributed by atoms with Crippen LogP contribution in [-0.4, -0.2) is 55.3 Å². The summed E-state index contributed by atoms with van der Waals surface area (Å²) in [7, 11) is 4.10. The lowest BCUT2D eigenvalue weighted by Crippen LogP contribution is -2.21. The van der Waals surface area contributed by atoms with E-state index in [9.17, 15) is 0 Å². The van der Waals surface area contributed by atoms with E-state index in [1.54, 1.807) is 0 Å². The topological polar surface area (TPSA) is 59.5 Å². The lowest BCUT2D eigenvalue weighted by Gasteiger charge is -2.15. The zero-order chi connectivity index (χ0) is 15.9. The number of ether oxygens (including phenoxy) is 2. The number of hydrogen-bond donors (Lipinski definition) is 1. The number of hydrogen-bond acceptors (Lipinski definition) is 6. The minimum atomic E-state index is -0.00278. The van der Waals surface area contributed by atoms with Gasteiger partial charge in [0.2, 0.25) is 5.88 Å². The van der Waals surface area contributed by atoms with Crippen LogP contribution in [0.4, 0.5) is 5.82 Å². The average molecular weight is 308 g/mol. The highest BCUT2D eigenvalue weighted by molar-refractivity contribution is 5.38. The molecule has 0 radical (unpaired) electrons. The van der Waals surface area contributed by atoms with Gasteiger partial charge in [-0.3, -0.25) is 0 Å². The van der Waals surface area contributed by atoms with Gasteiger partial charge in [0, 0.05) is 25.8 Å². The van der Waals surface area contributed by atoms with Crippen LogP contribution in [0.3, 0.4) is 0 Å². The minimum Gasteiger partial charge on any atom is -0.477 e. The van der Waals surface area contributed by atoms with Gasteiger partial charge in [-0.1, -0.05) is 13.8 Å². The van der Waals surface area contributed by atoms with E-state index in [2.05, 4.69) is 48.1 Å². The molecule has 6 nitrogen and oxygen atoms in total. The van der Waals surface area contributed by atoms with Crippen molar-refractivity contribution in [3.63, 3.8) is 0 Å². The largest absolute Gasteiger partial charge is 0.477 e. The first-order valence-electron chi connectivity index (χ1n) is 8.06. The fourth-order valence-corrected chi connectivity index (χ4v) is 2.19. The van der Waals surface area contributed by atoms with Crippen molar-refractivity contribution < 1.29 is 9.47 Å². The second kappa shape index (κ2) is 8.29. The van der Waals surface area contributed by atoms with Gasteiger partial charge < -0.3 is 19.7 Å². The Morgan fingerprint density at radius 2 is 2.23 bits per heavy atom. The molecule has 1 aromatic rings. The molecule has 1 atom stereocenters. The highest BCUT2D eigenvalue weighted by Crippen LogP contribution is 2.28. The van der Waals surface area contributed by atoms with Crippen LogP contribution in [0, 0.1) is 5.92 Å². The lowest BCUT2D eigenvalue weighted by atomic mass is 10.2. The van der Waals surface area contributed by atoms with E-state index in [-0.39, 0.29) is 6.10 Å². The number of likely N-dealkylation sites (N-methyl/N-ethyl adjacent to an activating group) is 1. The van der Waals surface area contributed by atoms with Crippen molar-refractivity contribution in [1.82, 2.24) is 14.9 Å². The second-order valence-corrected chi connectivity index (χ2v) is 6.39. The Morgan fingerprint density at radius 3 is 2.86 bits per heavy atom. The Balaban J connectivity index is 2.08. The third-order valence-corrected chi connectivity index (χ3v) is 3.37. The molecule has 22 heavy (non-hydrogen) atoms. The number of rotatable bonds is 8. The summed E-state index contributed by atoms with van der Waals surface area (Å²) in [5.41, 5.74) is 0. The van der Waals surface area contributed by atoms with Crippen LogP contribution in [-0.2, 0) is 4.74 Å². The molecular weight excluding hydrogens is 280 g/mol. The monoisotopic (exact) mass is 308 g/mol. The van der Waals surface area contributed by atoms with Crippen molar-refractivity contribution in [2.75, 3.05) is 45.7 Å². The van der Waals surface area contributed by atoms with Crippen LogP contribution in [0.15, 0.2) is 6.07 Å². The van der Waals surface area contributed by atoms with Crippen LogP contribution < -0.4 is 10.1 Å². The maximum absolute atomic E-state index is 5.78. The number of anilines is 1. The first kappa shape index (κ1) is 17.0. The Hall–Kier alpha value is -1.40. The van der Waals surface area contributed by atoms with Crippen molar-refractivity contribution in [1.29, 1.82) is 0 Å². The molecule has 0 amide bonds. The Bertz CT molecular complexity index is 459.